The zero-order chi connectivity index (χ0) is 16.9. The van der Waals surface area contributed by atoms with Gasteiger partial charge in [-0.3, -0.25) is 4.79 Å². The van der Waals surface area contributed by atoms with Gasteiger partial charge in [-0.1, -0.05) is 12.1 Å². The van der Waals surface area contributed by atoms with Crippen LogP contribution in [0.25, 0.3) is 5.57 Å². The highest BCUT2D eigenvalue weighted by Gasteiger charge is 2.31. The van der Waals surface area contributed by atoms with Crippen LogP contribution >= 0.6 is 0 Å². The second-order valence-corrected chi connectivity index (χ2v) is 4.40. The molecule has 7 heteroatoms. The van der Waals surface area contributed by atoms with E-state index >= 15 is 0 Å². The minimum atomic E-state index is -4.94. The number of esters is 1. The van der Waals surface area contributed by atoms with Gasteiger partial charge >= 0.3 is 12.3 Å². The molecule has 0 radical (unpaired) electrons. The first-order valence-corrected chi connectivity index (χ1v) is 6.18. The average Bonchev–Trinajstić information content (AvgIpc) is 2.36. The van der Waals surface area contributed by atoms with E-state index in [1.54, 1.807) is 12.1 Å². The quantitative estimate of drug-likeness (QED) is 0.264. The van der Waals surface area contributed by atoms with Crippen LogP contribution in [0.1, 0.15) is 26.3 Å². The summed E-state index contributed by atoms with van der Waals surface area (Å²) >= 11 is 0. The summed E-state index contributed by atoms with van der Waals surface area (Å²) in [6, 6.07) is 6.10. The van der Waals surface area contributed by atoms with E-state index < -0.39 is 23.9 Å². The van der Waals surface area contributed by atoms with Crippen molar-refractivity contribution in [3.05, 3.63) is 47.5 Å². The minimum Gasteiger partial charge on any atom is -0.427 e. The van der Waals surface area contributed by atoms with E-state index in [4.69, 9.17) is 4.74 Å². The first-order chi connectivity index (χ1) is 10.1. The number of carbonyl (C=O) groups excluding carboxylic acids is 1. The van der Waals surface area contributed by atoms with Gasteiger partial charge in [0.1, 0.15) is 11.5 Å². The van der Waals surface area contributed by atoms with Gasteiger partial charge in [0.15, 0.2) is 5.83 Å². The molecule has 0 aliphatic heterocycles. The molecule has 3 nitrogen and oxygen atoms in total. The van der Waals surface area contributed by atoms with Crippen LogP contribution < -0.4 is 4.74 Å². The molecule has 0 unspecified atom stereocenters. The Labute approximate surface area is 124 Å². The number of hydrogen-bond acceptors (Lipinski definition) is 3. The van der Waals surface area contributed by atoms with E-state index in [2.05, 4.69) is 4.74 Å². The van der Waals surface area contributed by atoms with Crippen molar-refractivity contribution in [2.24, 2.45) is 0 Å². The maximum atomic E-state index is 13.6. The van der Waals surface area contributed by atoms with Crippen LogP contribution in [0.3, 0.4) is 0 Å². The van der Waals surface area contributed by atoms with Gasteiger partial charge in [-0.05, 0) is 43.2 Å². The number of halogens is 4. The lowest BCUT2D eigenvalue weighted by Crippen LogP contribution is -2.12. The molecule has 0 spiro atoms. The van der Waals surface area contributed by atoms with E-state index in [-0.39, 0.29) is 0 Å². The molecular formula is C15H14F4O3. The summed E-state index contributed by atoms with van der Waals surface area (Å²) in [5, 5.41) is 0. The zero-order valence-corrected chi connectivity index (χ0v) is 12.1. The van der Waals surface area contributed by atoms with Crippen LogP contribution in [0.5, 0.6) is 5.75 Å². The molecule has 0 heterocycles. The molecule has 0 fully saturated rings. The predicted octanol–water partition coefficient (Wildman–Crippen LogP) is 4.75. The third kappa shape index (κ3) is 5.99. The van der Waals surface area contributed by atoms with E-state index in [0.717, 1.165) is 13.0 Å². The monoisotopic (exact) mass is 318 g/mol. The largest absolute Gasteiger partial charge is 0.572 e. The Hall–Kier alpha value is -2.31. The van der Waals surface area contributed by atoms with Gasteiger partial charge < -0.3 is 9.47 Å². The molecule has 0 aliphatic rings. The van der Waals surface area contributed by atoms with Crippen molar-refractivity contribution < 1.29 is 31.8 Å². The molecule has 0 aromatic heterocycles. The van der Waals surface area contributed by atoms with Crippen molar-refractivity contribution in [1.82, 2.24) is 0 Å². The van der Waals surface area contributed by atoms with E-state index in [9.17, 15) is 22.4 Å². The molecule has 120 valence electrons. The average molecular weight is 318 g/mol. The fraction of sp³-hybridized carbons (Fsp3) is 0.267. The molecule has 1 aromatic carbocycles. The number of carbonyl (C=O) groups is 1. The van der Waals surface area contributed by atoms with Crippen LogP contribution in [0, 0.1) is 0 Å². The Morgan fingerprint density at radius 1 is 1.09 bits per heavy atom. The lowest BCUT2D eigenvalue weighted by molar-refractivity contribution is -0.305. The molecular weight excluding hydrogens is 304 g/mol. The third-order valence-corrected chi connectivity index (χ3v) is 2.52. The highest BCUT2D eigenvalue weighted by Crippen LogP contribution is 2.25. The molecule has 0 amide bonds. The molecule has 0 bridgehead atoms. The van der Waals surface area contributed by atoms with Gasteiger partial charge in [-0.2, -0.15) is 0 Å². The summed E-state index contributed by atoms with van der Waals surface area (Å²) in [4.78, 5) is 10.8. The number of allylic oxidation sites excluding steroid dienone is 4. The van der Waals surface area contributed by atoms with Gasteiger partial charge in [-0.25, -0.2) is 4.39 Å². The van der Waals surface area contributed by atoms with Crippen molar-refractivity contribution >= 4 is 11.5 Å². The summed E-state index contributed by atoms with van der Waals surface area (Å²) in [5.41, 5.74) is 0.947. The number of ether oxygens (including phenoxy) is 2. The number of hydrogen-bond donors (Lipinski definition) is 0. The second-order valence-electron chi connectivity index (χ2n) is 4.40. The van der Waals surface area contributed by atoms with Crippen LogP contribution in [-0.2, 0) is 9.53 Å². The highest BCUT2D eigenvalue weighted by molar-refractivity contribution is 5.70. The van der Waals surface area contributed by atoms with Crippen LogP contribution in [-0.4, -0.2) is 12.3 Å². The Balaban J connectivity index is 2.92. The molecule has 0 N–H and O–H groups in total. The summed E-state index contributed by atoms with van der Waals surface area (Å²) in [5.74, 6) is -2.16. The first-order valence-electron chi connectivity index (χ1n) is 6.18. The topological polar surface area (TPSA) is 35.5 Å². The normalized spacial score (nSPS) is 13.5. The summed E-state index contributed by atoms with van der Waals surface area (Å²) < 4.78 is 57.9. The van der Waals surface area contributed by atoms with Gasteiger partial charge in [-0.15, -0.1) is 13.2 Å². The third-order valence-electron chi connectivity index (χ3n) is 2.52. The summed E-state index contributed by atoms with van der Waals surface area (Å²) in [7, 11) is 0. The van der Waals surface area contributed by atoms with Crippen molar-refractivity contribution in [3.63, 3.8) is 0 Å². The first kappa shape index (κ1) is 17.7. The van der Waals surface area contributed by atoms with Gasteiger partial charge in [0, 0.05) is 6.92 Å². The molecule has 22 heavy (non-hydrogen) atoms. The predicted molar refractivity (Wildman–Crippen MR) is 72.4 cm³/mol. The number of benzene rings is 1. The van der Waals surface area contributed by atoms with Gasteiger partial charge in [0.05, 0.1) is 0 Å². The van der Waals surface area contributed by atoms with Crippen LogP contribution in [0.2, 0.25) is 0 Å². The molecule has 0 saturated heterocycles. The maximum absolute atomic E-state index is 13.6. The van der Waals surface area contributed by atoms with Crippen molar-refractivity contribution in [3.8, 4) is 5.75 Å². The lowest BCUT2D eigenvalue weighted by atomic mass is 10.1. The summed E-state index contributed by atoms with van der Waals surface area (Å²) in [6.45, 7) is 3.67. The zero-order valence-electron chi connectivity index (χ0n) is 12.1. The standard InChI is InChI=1S/C15H14F4O3/c1-9(8-14(16)10(2)22-15(17,18)19)12-4-6-13(7-5-12)21-11(3)20/h4-8H,1-3H3/b9-8+,14-10-. The van der Waals surface area contributed by atoms with Crippen LogP contribution in [0.4, 0.5) is 17.6 Å². The Morgan fingerprint density at radius 3 is 2.09 bits per heavy atom. The molecule has 0 atom stereocenters. The summed E-state index contributed by atoms with van der Waals surface area (Å²) in [6.07, 6.45) is -4.00. The molecule has 0 saturated carbocycles. The SMILES string of the molecule is CC(=O)Oc1ccc(/C(C)=C/C(F)=C(\C)OC(F)(F)F)cc1. The maximum Gasteiger partial charge on any atom is 0.572 e. The highest BCUT2D eigenvalue weighted by atomic mass is 19.4. The van der Waals surface area contributed by atoms with E-state index in [1.165, 1.54) is 26.0 Å². The fourth-order valence-corrected chi connectivity index (χ4v) is 1.55. The van der Waals surface area contributed by atoms with E-state index in [1.807, 2.05) is 0 Å². The van der Waals surface area contributed by atoms with Gasteiger partial charge in [0.2, 0.25) is 0 Å². The van der Waals surface area contributed by atoms with E-state index in [0.29, 0.717) is 16.9 Å². The number of rotatable bonds is 4. The Morgan fingerprint density at radius 2 is 1.64 bits per heavy atom. The lowest BCUT2D eigenvalue weighted by Gasteiger charge is -2.09. The minimum absolute atomic E-state index is 0.316. The fourth-order valence-electron chi connectivity index (χ4n) is 1.55. The Bertz CT molecular complexity index is 598. The van der Waals surface area contributed by atoms with Gasteiger partial charge in [0.25, 0.3) is 0 Å². The smallest absolute Gasteiger partial charge is 0.427 e. The Kier molecular flexibility index (Phi) is 5.73. The molecule has 0 aliphatic carbocycles. The van der Waals surface area contributed by atoms with Crippen LogP contribution in [0.15, 0.2) is 41.9 Å². The van der Waals surface area contributed by atoms with Crippen molar-refractivity contribution in [2.75, 3.05) is 0 Å². The second kappa shape index (κ2) is 7.11. The number of alkyl halides is 3. The molecule has 1 aromatic rings. The van der Waals surface area contributed by atoms with Crippen molar-refractivity contribution in [1.29, 1.82) is 0 Å². The van der Waals surface area contributed by atoms with Crippen molar-refractivity contribution in [2.45, 2.75) is 27.1 Å². The molecule has 1 rings (SSSR count).